The quantitative estimate of drug-likeness (QED) is 0.175. The summed E-state index contributed by atoms with van der Waals surface area (Å²) >= 11 is 6.19. The van der Waals surface area contributed by atoms with Crippen LogP contribution in [0.5, 0.6) is 5.75 Å². The molecule has 0 radical (unpaired) electrons. The van der Waals surface area contributed by atoms with Gasteiger partial charge >= 0.3 is 6.03 Å². The molecule has 5 aromatic carbocycles. The first kappa shape index (κ1) is 28.0. The smallest absolute Gasteiger partial charge is 0.322 e. The van der Waals surface area contributed by atoms with E-state index in [1.807, 2.05) is 83.8 Å². The Morgan fingerprint density at radius 3 is 1.98 bits per heavy atom. The molecule has 5 aromatic rings. The van der Waals surface area contributed by atoms with Gasteiger partial charge in [0.2, 0.25) is 0 Å². The summed E-state index contributed by atoms with van der Waals surface area (Å²) < 4.78 is 6.06. The lowest BCUT2D eigenvalue weighted by molar-refractivity contribution is 0.207. The van der Waals surface area contributed by atoms with Crippen LogP contribution in [0.15, 0.2) is 140 Å². The maximum atomic E-state index is 13.6. The summed E-state index contributed by atoms with van der Waals surface area (Å²) in [5.41, 5.74) is 5.21. The number of anilines is 1. The molecule has 0 atom stereocenters. The topological polar surface area (TPSA) is 41.6 Å². The molecule has 0 spiro atoms. The molecule has 5 rings (SSSR count). The number of hydrogen-bond acceptors (Lipinski definition) is 2. The standard InChI is InChI=1S/C36H33ClN2O2/c37-32-19-11-20-33(25-32)38-36(40)39(23-22-35(30-15-6-2-7-16-30)31-17-8-3-9-18-31)26-29-14-10-21-34(24-29)41-27-28-12-4-1-5-13-28/h1-21,24-25,35H,22-23,26-27H2,(H,38,40). The van der Waals surface area contributed by atoms with Crippen LogP contribution in [0.3, 0.4) is 0 Å². The van der Waals surface area contributed by atoms with Gasteiger partial charge in [-0.25, -0.2) is 4.79 Å². The van der Waals surface area contributed by atoms with Gasteiger partial charge in [0.1, 0.15) is 12.4 Å². The molecule has 0 aromatic heterocycles. The van der Waals surface area contributed by atoms with Crippen LogP contribution in [-0.2, 0) is 13.2 Å². The van der Waals surface area contributed by atoms with Crippen molar-refractivity contribution in [3.63, 3.8) is 0 Å². The van der Waals surface area contributed by atoms with E-state index < -0.39 is 0 Å². The average molecular weight is 561 g/mol. The van der Waals surface area contributed by atoms with Gasteiger partial charge in [-0.3, -0.25) is 0 Å². The van der Waals surface area contributed by atoms with E-state index in [-0.39, 0.29) is 11.9 Å². The Morgan fingerprint density at radius 2 is 1.32 bits per heavy atom. The fourth-order valence-corrected chi connectivity index (χ4v) is 5.09. The van der Waals surface area contributed by atoms with Crippen LogP contribution in [0.4, 0.5) is 10.5 Å². The molecule has 0 saturated heterocycles. The van der Waals surface area contributed by atoms with Crippen molar-refractivity contribution in [3.8, 4) is 5.75 Å². The third-order valence-electron chi connectivity index (χ3n) is 6.97. The summed E-state index contributed by atoms with van der Waals surface area (Å²) in [5.74, 6) is 0.924. The van der Waals surface area contributed by atoms with Crippen LogP contribution >= 0.6 is 11.6 Å². The molecule has 2 amide bonds. The van der Waals surface area contributed by atoms with Crippen molar-refractivity contribution in [2.45, 2.75) is 25.5 Å². The first-order valence-electron chi connectivity index (χ1n) is 13.8. The highest BCUT2D eigenvalue weighted by molar-refractivity contribution is 6.30. The minimum Gasteiger partial charge on any atom is -0.489 e. The average Bonchev–Trinajstić information content (AvgIpc) is 3.01. The van der Waals surface area contributed by atoms with Gasteiger partial charge in [-0.15, -0.1) is 0 Å². The third-order valence-corrected chi connectivity index (χ3v) is 7.21. The molecular weight excluding hydrogens is 528 g/mol. The fourth-order valence-electron chi connectivity index (χ4n) is 4.90. The molecular formula is C36H33ClN2O2. The zero-order valence-corrected chi connectivity index (χ0v) is 23.6. The van der Waals surface area contributed by atoms with Crippen LogP contribution in [0.2, 0.25) is 5.02 Å². The van der Waals surface area contributed by atoms with E-state index in [2.05, 4.69) is 53.8 Å². The van der Waals surface area contributed by atoms with E-state index in [4.69, 9.17) is 16.3 Å². The lowest BCUT2D eigenvalue weighted by Crippen LogP contribution is -2.36. The molecule has 1 N–H and O–H groups in total. The van der Waals surface area contributed by atoms with E-state index in [9.17, 15) is 4.79 Å². The summed E-state index contributed by atoms with van der Waals surface area (Å²) in [5, 5.41) is 3.61. The molecule has 0 aliphatic carbocycles. The first-order chi connectivity index (χ1) is 20.1. The highest BCUT2D eigenvalue weighted by Crippen LogP contribution is 2.29. The Morgan fingerprint density at radius 1 is 0.707 bits per heavy atom. The zero-order chi connectivity index (χ0) is 28.3. The second-order valence-electron chi connectivity index (χ2n) is 9.95. The normalized spacial score (nSPS) is 10.8. The molecule has 4 nitrogen and oxygen atoms in total. The van der Waals surface area contributed by atoms with E-state index >= 15 is 0 Å². The number of urea groups is 1. The minimum absolute atomic E-state index is 0.152. The number of amides is 2. The maximum Gasteiger partial charge on any atom is 0.322 e. The molecule has 5 heteroatoms. The summed E-state index contributed by atoms with van der Waals surface area (Å²) in [6.45, 7) is 1.47. The van der Waals surface area contributed by atoms with Gasteiger partial charge in [0.25, 0.3) is 0 Å². The number of nitrogens with zero attached hydrogens (tertiary/aromatic N) is 1. The van der Waals surface area contributed by atoms with E-state index in [1.54, 1.807) is 12.1 Å². The van der Waals surface area contributed by atoms with E-state index in [0.717, 1.165) is 23.3 Å². The van der Waals surface area contributed by atoms with Crippen molar-refractivity contribution < 1.29 is 9.53 Å². The molecule has 0 aliphatic rings. The Kier molecular flexibility index (Phi) is 9.70. The summed E-state index contributed by atoms with van der Waals surface area (Å²) in [6.07, 6.45) is 0.765. The van der Waals surface area contributed by atoms with Crippen LogP contribution in [0.25, 0.3) is 0 Å². The van der Waals surface area contributed by atoms with Crippen LogP contribution in [0, 0.1) is 0 Å². The van der Waals surface area contributed by atoms with Gasteiger partial charge in [-0.1, -0.05) is 121 Å². The Bertz CT molecular complexity index is 1490. The highest BCUT2D eigenvalue weighted by atomic mass is 35.5. The predicted molar refractivity (Wildman–Crippen MR) is 167 cm³/mol. The fraction of sp³-hybridized carbons (Fsp3) is 0.139. The number of hydrogen-bond donors (Lipinski definition) is 1. The third kappa shape index (κ3) is 8.23. The second kappa shape index (κ2) is 14.2. The Labute approximate surface area is 247 Å². The van der Waals surface area contributed by atoms with Crippen molar-refractivity contribution in [2.75, 3.05) is 11.9 Å². The lowest BCUT2D eigenvalue weighted by atomic mass is 9.88. The number of ether oxygens (including phenoxy) is 1. The van der Waals surface area contributed by atoms with Gasteiger partial charge in [0.05, 0.1) is 0 Å². The number of nitrogens with one attached hydrogen (secondary N) is 1. The summed E-state index contributed by atoms with van der Waals surface area (Å²) in [4.78, 5) is 15.5. The minimum atomic E-state index is -0.178. The predicted octanol–water partition coefficient (Wildman–Crippen LogP) is 9.18. The van der Waals surface area contributed by atoms with Crippen LogP contribution in [0.1, 0.15) is 34.6 Å². The second-order valence-corrected chi connectivity index (χ2v) is 10.4. The van der Waals surface area contributed by atoms with Gasteiger partial charge in [0.15, 0.2) is 0 Å². The van der Waals surface area contributed by atoms with Gasteiger partial charge in [-0.2, -0.15) is 0 Å². The van der Waals surface area contributed by atoms with E-state index in [1.165, 1.54) is 11.1 Å². The van der Waals surface area contributed by atoms with Crippen molar-refractivity contribution in [2.24, 2.45) is 0 Å². The Balaban J connectivity index is 1.35. The van der Waals surface area contributed by atoms with Crippen LogP contribution in [-0.4, -0.2) is 17.5 Å². The molecule has 41 heavy (non-hydrogen) atoms. The number of carbonyl (C=O) groups is 1. The van der Waals surface area contributed by atoms with Crippen LogP contribution < -0.4 is 10.1 Å². The Hall–Kier alpha value is -4.54. The lowest BCUT2D eigenvalue weighted by Gasteiger charge is -2.27. The summed E-state index contributed by atoms with van der Waals surface area (Å²) in [7, 11) is 0. The van der Waals surface area contributed by atoms with Crippen molar-refractivity contribution in [1.29, 1.82) is 0 Å². The molecule has 0 heterocycles. The molecule has 0 saturated carbocycles. The molecule has 0 unspecified atom stereocenters. The SMILES string of the molecule is O=C(Nc1cccc(Cl)c1)N(CCC(c1ccccc1)c1ccccc1)Cc1cccc(OCc2ccccc2)c1. The molecule has 0 aliphatic heterocycles. The van der Waals surface area contributed by atoms with E-state index in [0.29, 0.717) is 30.4 Å². The van der Waals surface area contributed by atoms with Gasteiger partial charge in [0, 0.05) is 29.7 Å². The molecule has 206 valence electrons. The number of halogens is 1. The largest absolute Gasteiger partial charge is 0.489 e. The summed E-state index contributed by atoms with van der Waals surface area (Å²) in [6, 6.07) is 46.0. The monoisotopic (exact) mass is 560 g/mol. The molecule has 0 fully saturated rings. The number of rotatable bonds is 11. The van der Waals surface area contributed by atoms with Gasteiger partial charge in [-0.05, 0) is 59.0 Å². The van der Waals surface area contributed by atoms with Gasteiger partial charge < -0.3 is 15.0 Å². The van der Waals surface area contributed by atoms with Crippen molar-refractivity contribution in [1.82, 2.24) is 4.90 Å². The number of benzene rings is 5. The zero-order valence-electron chi connectivity index (χ0n) is 22.8. The first-order valence-corrected chi connectivity index (χ1v) is 14.2. The number of carbonyl (C=O) groups excluding carboxylic acids is 1. The molecule has 0 bridgehead atoms. The highest BCUT2D eigenvalue weighted by Gasteiger charge is 2.20. The van der Waals surface area contributed by atoms with Crippen molar-refractivity contribution in [3.05, 3.63) is 167 Å². The maximum absolute atomic E-state index is 13.6. The van der Waals surface area contributed by atoms with Crippen molar-refractivity contribution >= 4 is 23.3 Å².